The number of allylic oxidation sites excluding steroid dienone is 3. The molecule has 0 radical (unpaired) electrons. The molecule has 2 atom stereocenters. The van der Waals surface area contributed by atoms with Gasteiger partial charge in [0.05, 0.1) is 0 Å². The number of aliphatic hydroxyl groups excluding tert-OH is 1. The Labute approximate surface area is 130 Å². The lowest BCUT2D eigenvalue weighted by molar-refractivity contribution is 0.501. The van der Waals surface area contributed by atoms with Gasteiger partial charge in [-0.05, 0) is 55.6 Å². The number of rotatable bonds is 0. The van der Waals surface area contributed by atoms with Crippen LogP contribution in [0.4, 0.5) is 4.39 Å². The maximum absolute atomic E-state index is 14.3. The predicted octanol–water partition coefficient (Wildman–Crippen LogP) is 4.57. The Kier molecular flexibility index (Phi) is 2.77. The summed E-state index contributed by atoms with van der Waals surface area (Å²) in [5, 5.41) is 14.1. The van der Waals surface area contributed by atoms with Gasteiger partial charge in [-0.25, -0.2) is 4.39 Å². The van der Waals surface area contributed by atoms with Crippen molar-refractivity contribution in [3.8, 4) is 0 Å². The highest BCUT2D eigenvalue weighted by Crippen LogP contribution is 2.52. The lowest BCUT2D eigenvalue weighted by atomic mass is 9.76. The number of fused-ring (bicyclic) bond motifs is 3. The van der Waals surface area contributed by atoms with Crippen LogP contribution in [0.25, 0.3) is 5.76 Å². The van der Waals surface area contributed by atoms with Crippen molar-refractivity contribution in [1.29, 1.82) is 0 Å². The molecule has 22 heavy (non-hydrogen) atoms. The van der Waals surface area contributed by atoms with E-state index in [9.17, 15) is 9.50 Å². The Balaban J connectivity index is 1.85. The van der Waals surface area contributed by atoms with E-state index in [0.717, 1.165) is 12.0 Å². The first-order valence-corrected chi connectivity index (χ1v) is 7.86. The minimum Gasteiger partial charge on any atom is -0.507 e. The average Bonchev–Trinajstić information content (AvgIpc) is 2.78. The molecular formula is C19H20FNO. The highest BCUT2D eigenvalue weighted by molar-refractivity contribution is 5.75. The second-order valence-corrected chi connectivity index (χ2v) is 6.64. The van der Waals surface area contributed by atoms with Crippen LogP contribution in [0, 0.1) is 5.82 Å². The monoisotopic (exact) mass is 297 g/mol. The van der Waals surface area contributed by atoms with Crippen molar-refractivity contribution < 1.29 is 9.50 Å². The zero-order valence-electron chi connectivity index (χ0n) is 13.1. The summed E-state index contributed by atoms with van der Waals surface area (Å²) in [6.45, 7) is 6.47. The van der Waals surface area contributed by atoms with Gasteiger partial charge < -0.3 is 10.4 Å². The number of hydrogen-bond donors (Lipinski definition) is 2. The molecule has 3 aliphatic rings. The Morgan fingerprint density at radius 1 is 1.27 bits per heavy atom. The second-order valence-electron chi connectivity index (χ2n) is 6.64. The third-order valence-corrected chi connectivity index (χ3v) is 5.61. The minimum absolute atomic E-state index is 0.0205. The molecule has 1 aromatic rings. The number of dihydropyridines is 1. The summed E-state index contributed by atoms with van der Waals surface area (Å²) in [4.78, 5) is 0. The molecule has 1 heterocycles. The number of nitrogens with one attached hydrogen (secondary N) is 1. The van der Waals surface area contributed by atoms with E-state index in [2.05, 4.69) is 26.1 Å². The van der Waals surface area contributed by atoms with Crippen LogP contribution in [-0.4, -0.2) is 11.1 Å². The van der Waals surface area contributed by atoms with Crippen LogP contribution in [-0.2, 0) is 0 Å². The molecule has 0 bridgehead atoms. The molecule has 0 saturated carbocycles. The normalized spacial score (nSPS) is 26.7. The molecule has 2 aliphatic carbocycles. The maximum Gasteiger partial charge on any atom is 0.127 e. The van der Waals surface area contributed by atoms with E-state index in [1.54, 1.807) is 6.07 Å². The summed E-state index contributed by atoms with van der Waals surface area (Å²) < 4.78 is 14.3. The molecule has 0 fully saturated rings. The molecule has 0 spiro atoms. The lowest BCUT2D eigenvalue weighted by Crippen LogP contribution is -2.34. The smallest absolute Gasteiger partial charge is 0.127 e. The fourth-order valence-corrected chi connectivity index (χ4v) is 4.12. The van der Waals surface area contributed by atoms with Gasteiger partial charge in [0, 0.05) is 35.2 Å². The molecular weight excluding hydrogens is 277 g/mol. The Bertz CT molecular complexity index is 785. The van der Waals surface area contributed by atoms with E-state index in [1.165, 1.54) is 28.5 Å². The van der Waals surface area contributed by atoms with Gasteiger partial charge >= 0.3 is 0 Å². The van der Waals surface area contributed by atoms with Crippen LogP contribution < -0.4 is 5.32 Å². The predicted molar refractivity (Wildman–Crippen MR) is 85.9 cm³/mol. The van der Waals surface area contributed by atoms with E-state index in [0.29, 0.717) is 23.6 Å². The van der Waals surface area contributed by atoms with Crippen molar-refractivity contribution in [2.45, 2.75) is 45.6 Å². The van der Waals surface area contributed by atoms with Gasteiger partial charge in [0.1, 0.15) is 11.6 Å². The number of halogens is 1. The number of hydrogen-bond acceptors (Lipinski definition) is 2. The summed E-state index contributed by atoms with van der Waals surface area (Å²) in [7, 11) is 0. The fourth-order valence-electron chi connectivity index (χ4n) is 4.12. The van der Waals surface area contributed by atoms with Gasteiger partial charge in [0.25, 0.3) is 0 Å². The molecule has 4 rings (SSSR count). The molecule has 1 aromatic carbocycles. The first kappa shape index (κ1) is 13.6. The van der Waals surface area contributed by atoms with E-state index in [-0.39, 0.29) is 17.5 Å². The largest absolute Gasteiger partial charge is 0.507 e. The molecule has 0 saturated heterocycles. The van der Waals surface area contributed by atoms with E-state index >= 15 is 0 Å². The number of benzene rings is 1. The van der Waals surface area contributed by atoms with Crippen LogP contribution in [0.3, 0.4) is 0 Å². The van der Waals surface area contributed by atoms with Gasteiger partial charge in [0.15, 0.2) is 0 Å². The van der Waals surface area contributed by atoms with E-state index in [1.807, 2.05) is 6.07 Å². The molecule has 0 aromatic heterocycles. The van der Waals surface area contributed by atoms with Crippen molar-refractivity contribution in [2.75, 3.05) is 0 Å². The second kappa shape index (κ2) is 4.48. The van der Waals surface area contributed by atoms with Gasteiger partial charge in [-0.15, -0.1) is 0 Å². The first-order valence-electron chi connectivity index (χ1n) is 7.86. The third-order valence-electron chi connectivity index (χ3n) is 5.61. The maximum atomic E-state index is 14.3. The summed E-state index contributed by atoms with van der Waals surface area (Å²) in [6, 6.07) is 5.31. The van der Waals surface area contributed by atoms with Gasteiger partial charge in [-0.1, -0.05) is 12.1 Å². The van der Waals surface area contributed by atoms with Crippen molar-refractivity contribution >= 4 is 5.76 Å². The quantitative estimate of drug-likeness (QED) is 0.735. The van der Waals surface area contributed by atoms with Crippen molar-refractivity contribution in [3.05, 3.63) is 63.1 Å². The SMILES string of the molecule is CC1=C(C)C(C)NC2=C1CC1C(=C(O)c3cccc(F)c31)C2. The lowest BCUT2D eigenvalue weighted by Gasteiger charge is -2.36. The molecule has 0 amide bonds. The van der Waals surface area contributed by atoms with E-state index < -0.39 is 0 Å². The molecule has 2 nitrogen and oxygen atoms in total. The van der Waals surface area contributed by atoms with Crippen LogP contribution in [0.1, 0.15) is 50.7 Å². The Morgan fingerprint density at radius 2 is 2.05 bits per heavy atom. The van der Waals surface area contributed by atoms with Crippen molar-refractivity contribution in [2.24, 2.45) is 0 Å². The molecule has 2 N–H and O–H groups in total. The topological polar surface area (TPSA) is 32.3 Å². The first-order chi connectivity index (χ1) is 10.5. The van der Waals surface area contributed by atoms with Gasteiger partial charge in [-0.2, -0.15) is 0 Å². The summed E-state index contributed by atoms with van der Waals surface area (Å²) in [5.41, 5.74) is 7.48. The fraction of sp³-hybridized carbons (Fsp3) is 0.368. The summed E-state index contributed by atoms with van der Waals surface area (Å²) in [6.07, 6.45) is 1.46. The highest BCUT2D eigenvalue weighted by atomic mass is 19.1. The minimum atomic E-state index is -0.205. The van der Waals surface area contributed by atoms with Crippen LogP contribution in [0.2, 0.25) is 0 Å². The van der Waals surface area contributed by atoms with Crippen LogP contribution in [0.5, 0.6) is 0 Å². The zero-order valence-corrected chi connectivity index (χ0v) is 13.1. The van der Waals surface area contributed by atoms with Crippen LogP contribution >= 0.6 is 0 Å². The summed E-state index contributed by atoms with van der Waals surface area (Å²) >= 11 is 0. The van der Waals surface area contributed by atoms with Gasteiger partial charge in [0.2, 0.25) is 0 Å². The summed E-state index contributed by atoms with van der Waals surface area (Å²) in [5.74, 6) is 0.0564. The average molecular weight is 297 g/mol. The Hall–Kier alpha value is -2.03. The van der Waals surface area contributed by atoms with Gasteiger partial charge in [-0.3, -0.25) is 0 Å². The van der Waals surface area contributed by atoms with E-state index in [4.69, 9.17) is 0 Å². The molecule has 3 heteroatoms. The molecule has 114 valence electrons. The third kappa shape index (κ3) is 1.65. The zero-order chi connectivity index (χ0) is 15.6. The standard InChI is InChI=1S/C19H20FNO/c1-9-10(2)13-7-14-15(8-17(13)21-11(9)3)19(22)12-5-4-6-16(20)18(12)14/h4-6,11,14,21-22H,7-8H2,1-3H3. The Morgan fingerprint density at radius 3 is 2.82 bits per heavy atom. The molecule has 2 unspecified atom stereocenters. The molecule has 1 aliphatic heterocycles. The van der Waals surface area contributed by atoms with Crippen molar-refractivity contribution in [1.82, 2.24) is 5.32 Å². The highest BCUT2D eigenvalue weighted by Gasteiger charge is 2.39. The number of aliphatic hydroxyl groups is 1. The van der Waals surface area contributed by atoms with Crippen molar-refractivity contribution in [3.63, 3.8) is 0 Å². The van der Waals surface area contributed by atoms with Crippen LogP contribution in [0.15, 0.2) is 46.2 Å².